The van der Waals surface area contributed by atoms with E-state index in [2.05, 4.69) is 5.32 Å². The molecule has 0 aromatic carbocycles. The Hall–Kier alpha value is -1.56. The Morgan fingerprint density at radius 1 is 1.35 bits per heavy atom. The van der Waals surface area contributed by atoms with E-state index in [-0.39, 0.29) is 17.1 Å². The van der Waals surface area contributed by atoms with E-state index in [1.807, 2.05) is 27.7 Å². The van der Waals surface area contributed by atoms with Crippen molar-refractivity contribution >= 4 is 28.3 Å². The number of rotatable bonds is 4. The van der Waals surface area contributed by atoms with Crippen LogP contribution in [0.25, 0.3) is 0 Å². The van der Waals surface area contributed by atoms with Gasteiger partial charge in [-0.1, -0.05) is 6.92 Å². The summed E-state index contributed by atoms with van der Waals surface area (Å²) in [7, 11) is 1.71. The molecule has 0 saturated heterocycles. The molecular weight excluding hydrogens is 276 g/mol. The second-order valence-corrected chi connectivity index (χ2v) is 6.67. The Labute approximate surface area is 123 Å². The normalized spacial score (nSPS) is 11.3. The summed E-state index contributed by atoms with van der Waals surface area (Å²) in [4.78, 5) is 26.0. The van der Waals surface area contributed by atoms with E-state index in [1.165, 1.54) is 11.3 Å². The Morgan fingerprint density at radius 2 is 1.90 bits per heavy atom. The van der Waals surface area contributed by atoms with Gasteiger partial charge in [-0.2, -0.15) is 0 Å². The van der Waals surface area contributed by atoms with Crippen molar-refractivity contribution in [2.75, 3.05) is 12.4 Å². The summed E-state index contributed by atoms with van der Waals surface area (Å²) in [6, 6.07) is -0.291. The maximum Gasteiger partial charge on any atom is 0.338 e. The molecule has 0 unspecified atom stereocenters. The molecule has 0 spiro atoms. The first kappa shape index (κ1) is 16.5. The van der Waals surface area contributed by atoms with Crippen molar-refractivity contribution in [1.29, 1.82) is 0 Å². The number of anilines is 1. The SMILES string of the molecule is CCC(C)(C)N(C)C(=O)Nc1sc(C)c(C)c1C(=O)O. The molecular formula is C14H22N2O3S. The van der Waals surface area contributed by atoms with E-state index < -0.39 is 5.97 Å². The van der Waals surface area contributed by atoms with Crippen LogP contribution >= 0.6 is 11.3 Å². The van der Waals surface area contributed by atoms with Gasteiger partial charge in [-0.15, -0.1) is 11.3 Å². The number of hydrogen-bond acceptors (Lipinski definition) is 3. The van der Waals surface area contributed by atoms with Crippen LogP contribution in [-0.4, -0.2) is 34.6 Å². The van der Waals surface area contributed by atoms with Crippen LogP contribution in [0.3, 0.4) is 0 Å². The highest BCUT2D eigenvalue weighted by Crippen LogP contribution is 2.33. The van der Waals surface area contributed by atoms with E-state index in [0.717, 1.165) is 11.3 Å². The molecule has 1 aromatic rings. The van der Waals surface area contributed by atoms with Crippen molar-refractivity contribution in [2.24, 2.45) is 0 Å². The first-order valence-electron chi connectivity index (χ1n) is 6.50. The Morgan fingerprint density at radius 3 is 2.35 bits per heavy atom. The third-order valence-corrected chi connectivity index (χ3v) is 5.02. The number of thiophene rings is 1. The number of carboxylic acid groups (broad SMARTS) is 1. The maximum atomic E-state index is 12.2. The molecule has 20 heavy (non-hydrogen) atoms. The van der Waals surface area contributed by atoms with Gasteiger partial charge in [-0.3, -0.25) is 5.32 Å². The summed E-state index contributed by atoms with van der Waals surface area (Å²) in [6.45, 7) is 9.55. The maximum absolute atomic E-state index is 12.2. The van der Waals surface area contributed by atoms with Crippen LogP contribution in [0, 0.1) is 13.8 Å². The lowest BCUT2D eigenvalue weighted by molar-refractivity contribution is 0.0697. The van der Waals surface area contributed by atoms with Gasteiger partial charge >= 0.3 is 12.0 Å². The highest BCUT2D eigenvalue weighted by molar-refractivity contribution is 7.16. The lowest BCUT2D eigenvalue weighted by Crippen LogP contribution is -2.46. The molecule has 1 aromatic heterocycles. The number of carbonyl (C=O) groups is 2. The summed E-state index contributed by atoms with van der Waals surface area (Å²) in [6.07, 6.45) is 0.811. The summed E-state index contributed by atoms with van der Waals surface area (Å²) < 4.78 is 0. The first-order chi connectivity index (χ1) is 9.11. The molecule has 0 aliphatic heterocycles. The average molecular weight is 298 g/mol. The molecule has 1 heterocycles. The molecule has 0 bridgehead atoms. The van der Waals surface area contributed by atoms with Crippen molar-refractivity contribution in [3.8, 4) is 0 Å². The highest BCUT2D eigenvalue weighted by atomic mass is 32.1. The van der Waals surface area contributed by atoms with E-state index in [0.29, 0.717) is 10.6 Å². The fraction of sp³-hybridized carbons (Fsp3) is 0.571. The van der Waals surface area contributed by atoms with E-state index in [1.54, 1.807) is 18.9 Å². The lowest BCUT2D eigenvalue weighted by Gasteiger charge is -2.34. The van der Waals surface area contributed by atoms with Crippen LogP contribution in [0.4, 0.5) is 9.80 Å². The number of carbonyl (C=O) groups excluding carboxylic acids is 1. The number of carboxylic acids is 1. The van der Waals surface area contributed by atoms with Crippen LogP contribution in [0.15, 0.2) is 0 Å². The van der Waals surface area contributed by atoms with Crippen molar-refractivity contribution in [2.45, 2.75) is 46.6 Å². The number of urea groups is 1. The third kappa shape index (κ3) is 3.12. The van der Waals surface area contributed by atoms with Crippen LogP contribution in [0.5, 0.6) is 0 Å². The Bertz CT molecular complexity index is 535. The van der Waals surface area contributed by atoms with Gasteiger partial charge in [-0.25, -0.2) is 9.59 Å². The van der Waals surface area contributed by atoms with Gasteiger partial charge in [-0.05, 0) is 39.7 Å². The van der Waals surface area contributed by atoms with Crippen LogP contribution in [-0.2, 0) is 0 Å². The summed E-state index contributed by atoms with van der Waals surface area (Å²) in [5, 5.41) is 12.4. The van der Waals surface area contributed by atoms with Crippen molar-refractivity contribution < 1.29 is 14.7 Å². The topological polar surface area (TPSA) is 69.6 Å². The van der Waals surface area contributed by atoms with Gasteiger partial charge < -0.3 is 10.0 Å². The van der Waals surface area contributed by atoms with Gasteiger partial charge in [0.05, 0.1) is 5.56 Å². The van der Waals surface area contributed by atoms with Crippen molar-refractivity contribution in [3.05, 3.63) is 16.0 Å². The summed E-state index contributed by atoms with van der Waals surface area (Å²) >= 11 is 1.29. The minimum Gasteiger partial charge on any atom is -0.478 e. The molecule has 6 heteroatoms. The fourth-order valence-corrected chi connectivity index (χ4v) is 2.71. The molecule has 2 N–H and O–H groups in total. The number of nitrogens with one attached hydrogen (secondary N) is 1. The molecule has 0 aliphatic carbocycles. The van der Waals surface area contributed by atoms with E-state index >= 15 is 0 Å². The largest absolute Gasteiger partial charge is 0.478 e. The van der Waals surface area contributed by atoms with Gasteiger partial charge in [0.1, 0.15) is 5.00 Å². The second kappa shape index (κ2) is 5.83. The molecule has 2 amide bonds. The molecule has 112 valence electrons. The van der Waals surface area contributed by atoms with Crippen LogP contribution in [0.1, 0.15) is 48.0 Å². The molecule has 0 radical (unpaired) electrons. The highest BCUT2D eigenvalue weighted by Gasteiger charge is 2.27. The van der Waals surface area contributed by atoms with Crippen molar-refractivity contribution in [1.82, 2.24) is 4.90 Å². The van der Waals surface area contributed by atoms with E-state index in [4.69, 9.17) is 0 Å². The molecule has 1 rings (SSSR count). The summed E-state index contributed by atoms with van der Waals surface area (Å²) in [5.41, 5.74) is 0.605. The zero-order valence-electron chi connectivity index (χ0n) is 12.8. The number of nitrogens with zero attached hydrogens (tertiary/aromatic N) is 1. The molecule has 0 saturated carbocycles. The Balaban J connectivity index is 3.03. The second-order valence-electron chi connectivity index (χ2n) is 5.45. The first-order valence-corrected chi connectivity index (χ1v) is 7.31. The number of hydrogen-bond donors (Lipinski definition) is 2. The lowest BCUT2D eigenvalue weighted by atomic mass is 10.0. The average Bonchev–Trinajstić information content (AvgIpc) is 2.63. The van der Waals surface area contributed by atoms with Gasteiger partial charge in [0.2, 0.25) is 0 Å². The number of amides is 2. The van der Waals surface area contributed by atoms with Crippen LogP contribution in [0.2, 0.25) is 0 Å². The zero-order chi connectivity index (χ0) is 15.7. The minimum atomic E-state index is -1.01. The van der Waals surface area contributed by atoms with Crippen LogP contribution < -0.4 is 5.32 Å². The Kier molecular flexibility index (Phi) is 4.81. The standard InChI is InChI=1S/C14H22N2O3S/c1-7-14(4,5)16(6)13(19)15-11-10(12(17)18)8(2)9(3)20-11/h7H2,1-6H3,(H,15,19)(H,17,18). The van der Waals surface area contributed by atoms with Gasteiger partial charge in [0, 0.05) is 17.5 Å². The predicted octanol–water partition coefficient (Wildman–Crippen LogP) is 3.72. The molecule has 0 atom stereocenters. The predicted molar refractivity (Wildman–Crippen MR) is 81.9 cm³/mol. The summed E-state index contributed by atoms with van der Waals surface area (Å²) in [5.74, 6) is -1.01. The van der Waals surface area contributed by atoms with Gasteiger partial charge in [0.25, 0.3) is 0 Å². The molecule has 5 nitrogen and oxygen atoms in total. The minimum absolute atomic E-state index is 0.184. The van der Waals surface area contributed by atoms with Gasteiger partial charge in [0.15, 0.2) is 0 Å². The molecule has 0 aliphatic rings. The quantitative estimate of drug-likeness (QED) is 0.890. The number of aromatic carboxylic acids is 1. The zero-order valence-corrected chi connectivity index (χ0v) is 13.6. The molecule has 0 fully saturated rings. The third-order valence-electron chi connectivity index (χ3n) is 3.90. The van der Waals surface area contributed by atoms with E-state index in [9.17, 15) is 14.7 Å². The monoisotopic (exact) mass is 298 g/mol. The number of aryl methyl sites for hydroxylation is 1. The van der Waals surface area contributed by atoms with Crippen molar-refractivity contribution in [3.63, 3.8) is 0 Å². The fourth-order valence-electron chi connectivity index (χ4n) is 1.67. The smallest absolute Gasteiger partial charge is 0.338 e.